The minimum Gasteiger partial charge on any atom is -0.497 e. The maximum Gasteiger partial charge on any atom is 0.119 e. The molecule has 3 N–H and O–H groups in total. The summed E-state index contributed by atoms with van der Waals surface area (Å²) in [6, 6.07) is 5.77. The maximum absolute atomic E-state index is 9.95. The van der Waals surface area contributed by atoms with E-state index < -0.39 is 6.10 Å². The highest BCUT2D eigenvalue weighted by atomic mass is 16.5. The van der Waals surface area contributed by atoms with Gasteiger partial charge in [0.1, 0.15) is 5.75 Å². The van der Waals surface area contributed by atoms with E-state index in [1.165, 1.54) is 0 Å². The van der Waals surface area contributed by atoms with Gasteiger partial charge in [-0.2, -0.15) is 0 Å². The Morgan fingerprint density at radius 2 is 2.31 bits per heavy atom. The first-order chi connectivity index (χ1) is 7.76. The Kier molecular flexibility index (Phi) is 3.12. The van der Waals surface area contributed by atoms with E-state index in [1.807, 2.05) is 31.4 Å². The van der Waals surface area contributed by atoms with Crippen molar-refractivity contribution in [1.29, 1.82) is 0 Å². The molecule has 0 bridgehead atoms. The van der Waals surface area contributed by atoms with Crippen LogP contribution in [0, 0.1) is 0 Å². The van der Waals surface area contributed by atoms with Crippen LogP contribution in [0.2, 0.25) is 0 Å². The van der Waals surface area contributed by atoms with Crippen LogP contribution in [0.4, 0.5) is 0 Å². The van der Waals surface area contributed by atoms with Crippen molar-refractivity contribution in [3.8, 4) is 5.75 Å². The number of hydrogen-bond donors (Lipinski definition) is 3. The van der Waals surface area contributed by atoms with Crippen LogP contribution in [0.3, 0.4) is 0 Å². The Balaban J connectivity index is 2.45. The van der Waals surface area contributed by atoms with Crippen LogP contribution in [0.5, 0.6) is 5.75 Å². The van der Waals surface area contributed by atoms with E-state index in [-0.39, 0.29) is 0 Å². The smallest absolute Gasteiger partial charge is 0.119 e. The van der Waals surface area contributed by atoms with Gasteiger partial charge in [0.05, 0.1) is 13.2 Å². The molecule has 2 rings (SSSR count). The molecule has 1 aromatic carbocycles. The van der Waals surface area contributed by atoms with E-state index in [9.17, 15) is 5.11 Å². The minimum atomic E-state index is -0.508. The Morgan fingerprint density at radius 3 is 3.00 bits per heavy atom. The molecule has 0 aliphatic carbocycles. The lowest BCUT2D eigenvalue weighted by atomic mass is 10.1. The fourth-order valence-corrected chi connectivity index (χ4v) is 1.83. The van der Waals surface area contributed by atoms with Crippen molar-refractivity contribution in [2.45, 2.75) is 6.10 Å². The number of nitrogens with one attached hydrogen (secondary N) is 2. The molecular formula is C12H16N2O2. The highest BCUT2D eigenvalue weighted by Gasteiger charge is 2.12. The molecule has 0 radical (unpaired) electrons. The number of methoxy groups -OCH3 is 1. The van der Waals surface area contributed by atoms with Gasteiger partial charge in [-0.3, -0.25) is 0 Å². The van der Waals surface area contributed by atoms with Gasteiger partial charge in [-0.25, -0.2) is 0 Å². The molecule has 86 valence electrons. The lowest BCUT2D eigenvalue weighted by molar-refractivity contribution is 0.179. The van der Waals surface area contributed by atoms with Gasteiger partial charge >= 0.3 is 0 Å². The second-order valence-corrected chi connectivity index (χ2v) is 3.73. The summed E-state index contributed by atoms with van der Waals surface area (Å²) in [4.78, 5) is 3.14. The second-order valence-electron chi connectivity index (χ2n) is 3.73. The predicted octanol–water partition coefficient (Wildman–Crippen LogP) is 1.43. The summed E-state index contributed by atoms with van der Waals surface area (Å²) < 4.78 is 5.18. The van der Waals surface area contributed by atoms with E-state index in [2.05, 4.69) is 10.3 Å². The third-order valence-corrected chi connectivity index (χ3v) is 2.68. The van der Waals surface area contributed by atoms with E-state index >= 15 is 0 Å². The molecule has 0 fully saturated rings. The molecule has 16 heavy (non-hydrogen) atoms. The van der Waals surface area contributed by atoms with Crippen molar-refractivity contribution in [2.75, 3.05) is 20.7 Å². The van der Waals surface area contributed by atoms with Gasteiger partial charge in [-0.1, -0.05) is 0 Å². The van der Waals surface area contributed by atoms with Crippen LogP contribution in [0.25, 0.3) is 10.9 Å². The van der Waals surface area contributed by atoms with Crippen LogP contribution in [-0.4, -0.2) is 30.8 Å². The molecule has 1 unspecified atom stereocenters. The largest absolute Gasteiger partial charge is 0.497 e. The fraction of sp³-hybridized carbons (Fsp3) is 0.333. The van der Waals surface area contributed by atoms with Crippen LogP contribution >= 0.6 is 0 Å². The van der Waals surface area contributed by atoms with Gasteiger partial charge in [0.2, 0.25) is 0 Å². The zero-order chi connectivity index (χ0) is 11.5. The van der Waals surface area contributed by atoms with Crippen molar-refractivity contribution in [2.24, 2.45) is 0 Å². The Bertz CT molecular complexity index is 479. The van der Waals surface area contributed by atoms with Crippen LogP contribution in [0.1, 0.15) is 11.7 Å². The van der Waals surface area contributed by atoms with Gasteiger partial charge in [0.25, 0.3) is 0 Å². The zero-order valence-electron chi connectivity index (χ0n) is 9.45. The first kappa shape index (κ1) is 11.0. The summed E-state index contributed by atoms with van der Waals surface area (Å²) >= 11 is 0. The Morgan fingerprint density at radius 1 is 1.50 bits per heavy atom. The first-order valence-corrected chi connectivity index (χ1v) is 5.24. The van der Waals surface area contributed by atoms with Crippen molar-refractivity contribution in [3.63, 3.8) is 0 Å². The molecule has 1 aromatic heterocycles. The number of ether oxygens (including phenoxy) is 1. The number of aromatic nitrogens is 1. The molecule has 0 aliphatic heterocycles. The van der Waals surface area contributed by atoms with Gasteiger partial charge in [-0.05, 0) is 25.2 Å². The topological polar surface area (TPSA) is 57.3 Å². The van der Waals surface area contributed by atoms with Crippen molar-refractivity contribution < 1.29 is 9.84 Å². The zero-order valence-corrected chi connectivity index (χ0v) is 9.45. The molecular weight excluding hydrogens is 204 g/mol. The van der Waals surface area contributed by atoms with Gasteiger partial charge in [0, 0.05) is 29.2 Å². The lowest BCUT2D eigenvalue weighted by Gasteiger charge is -2.08. The summed E-state index contributed by atoms with van der Waals surface area (Å²) in [6.45, 7) is 0.532. The number of aliphatic hydroxyl groups is 1. The molecule has 1 atom stereocenters. The molecule has 1 heterocycles. The summed E-state index contributed by atoms with van der Waals surface area (Å²) in [5.41, 5.74) is 1.90. The number of fused-ring (bicyclic) bond motifs is 1. The molecule has 0 saturated carbocycles. The molecule has 0 saturated heterocycles. The molecule has 4 nitrogen and oxygen atoms in total. The Labute approximate surface area is 94.2 Å². The summed E-state index contributed by atoms with van der Waals surface area (Å²) in [7, 11) is 3.45. The second kappa shape index (κ2) is 4.55. The van der Waals surface area contributed by atoms with Crippen molar-refractivity contribution in [1.82, 2.24) is 10.3 Å². The van der Waals surface area contributed by atoms with E-state index in [4.69, 9.17) is 4.74 Å². The number of benzene rings is 1. The fourth-order valence-electron chi connectivity index (χ4n) is 1.83. The van der Waals surface area contributed by atoms with Gasteiger partial charge in [0.15, 0.2) is 0 Å². The monoisotopic (exact) mass is 220 g/mol. The van der Waals surface area contributed by atoms with Crippen LogP contribution < -0.4 is 10.1 Å². The SMILES string of the molecule is CNCC(O)c1c[nH]c2ccc(OC)cc12. The highest BCUT2D eigenvalue weighted by Crippen LogP contribution is 2.27. The highest BCUT2D eigenvalue weighted by molar-refractivity contribution is 5.85. The number of likely N-dealkylation sites (N-methyl/N-ethyl adjacent to an activating group) is 1. The summed E-state index contributed by atoms with van der Waals surface area (Å²) in [5, 5.41) is 13.9. The standard InChI is InChI=1S/C12H16N2O2/c1-13-7-12(15)10-6-14-11-4-3-8(16-2)5-9(10)11/h3-6,12-15H,7H2,1-2H3. The maximum atomic E-state index is 9.95. The number of hydrogen-bond acceptors (Lipinski definition) is 3. The molecule has 2 aromatic rings. The van der Waals surface area contributed by atoms with Crippen molar-refractivity contribution in [3.05, 3.63) is 30.0 Å². The van der Waals surface area contributed by atoms with Crippen LogP contribution in [-0.2, 0) is 0 Å². The van der Waals surface area contributed by atoms with E-state index in [0.29, 0.717) is 6.54 Å². The number of H-pyrrole nitrogens is 1. The third kappa shape index (κ3) is 1.89. The van der Waals surface area contributed by atoms with Gasteiger partial charge in [-0.15, -0.1) is 0 Å². The third-order valence-electron chi connectivity index (χ3n) is 2.68. The average Bonchev–Trinajstić information content (AvgIpc) is 2.71. The van der Waals surface area contributed by atoms with E-state index in [0.717, 1.165) is 22.2 Å². The lowest BCUT2D eigenvalue weighted by Crippen LogP contribution is -2.16. The normalized spacial score (nSPS) is 12.9. The number of aliphatic hydroxyl groups excluding tert-OH is 1. The first-order valence-electron chi connectivity index (χ1n) is 5.24. The minimum absolute atomic E-state index is 0.508. The van der Waals surface area contributed by atoms with Gasteiger partial charge < -0.3 is 20.1 Å². The molecule has 0 amide bonds. The average molecular weight is 220 g/mol. The van der Waals surface area contributed by atoms with E-state index in [1.54, 1.807) is 7.11 Å². The van der Waals surface area contributed by atoms with Crippen molar-refractivity contribution >= 4 is 10.9 Å². The molecule has 0 spiro atoms. The quantitative estimate of drug-likeness (QED) is 0.730. The predicted molar refractivity (Wildman–Crippen MR) is 63.7 cm³/mol. The summed E-state index contributed by atoms with van der Waals surface area (Å²) in [6.07, 6.45) is 1.33. The number of rotatable bonds is 4. The molecule has 0 aliphatic rings. The Hall–Kier alpha value is -1.52. The summed E-state index contributed by atoms with van der Waals surface area (Å²) in [5.74, 6) is 0.796. The van der Waals surface area contributed by atoms with Crippen LogP contribution in [0.15, 0.2) is 24.4 Å². The molecule has 4 heteroatoms. The number of aromatic amines is 1.